The molecule has 2 aliphatic rings. The molecule has 2 heterocycles. The van der Waals surface area contributed by atoms with Gasteiger partial charge in [0, 0.05) is 22.8 Å². The number of hydrogen-bond donors (Lipinski definition) is 2. The lowest BCUT2D eigenvalue weighted by atomic mass is 10.2. The van der Waals surface area contributed by atoms with Crippen LogP contribution in [0.2, 0.25) is 0 Å². The Balaban J connectivity index is 1.36. The maximum absolute atomic E-state index is 12.6. The van der Waals surface area contributed by atoms with Gasteiger partial charge in [0.2, 0.25) is 6.79 Å². The largest absolute Gasteiger partial charge is 0.454 e. The van der Waals surface area contributed by atoms with Crippen molar-refractivity contribution in [2.75, 3.05) is 19.2 Å². The number of carbonyl (C=O) groups is 2. The fourth-order valence-corrected chi connectivity index (χ4v) is 4.15. The standard InChI is InChI=1S/C20H20N2O5S/c23-19(13-7-8-16-17(10-13)27-12-26-16)21-22-20(24)15-5-1-2-6-18(15)28-11-14-4-3-9-25-14/h1-2,5-8,10,14H,3-4,9,11-12H2,(H,21,23)(H,22,24). The SMILES string of the molecule is O=C(NNC(=O)c1ccccc1SCC1CCCO1)c1ccc2c(c1)OCO2. The zero-order valence-corrected chi connectivity index (χ0v) is 15.9. The zero-order valence-electron chi connectivity index (χ0n) is 15.1. The number of amides is 2. The van der Waals surface area contributed by atoms with Gasteiger partial charge in [0.1, 0.15) is 0 Å². The number of ether oxygens (including phenoxy) is 3. The van der Waals surface area contributed by atoms with Crippen LogP contribution < -0.4 is 20.3 Å². The van der Waals surface area contributed by atoms with Crippen LogP contribution in [-0.4, -0.2) is 37.1 Å². The van der Waals surface area contributed by atoms with E-state index in [-0.39, 0.29) is 18.8 Å². The van der Waals surface area contributed by atoms with E-state index in [9.17, 15) is 9.59 Å². The van der Waals surface area contributed by atoms with Gasteiger partial charge in [-0.1, -0.05) is 12.1 Å². The van der Waals surface area contributed by atoms with Crippen molar-refractivity contribution in [2.24, 2.45) is 0 Å². The average molecular weight is 400 g/mol. The molecule has 0 radical (unpaired) electrons. The zero-order chi connectivity index (χ0) is 19.3. The van der Waals surface area contributed by atoms with Gasteiger partial charge in [-0.15, -0.1) is 11.8 Å². The minimum Gasteiger partial charge on any atom is -0.454 e. The molecule has 0 spiro atoms. The number of carbonyl (C=O) groups excluding carboxylic acids is 2. The number of hydrazine groups is 1. The first-order valence-corrected chi connectivity index (χ1v) is 10.0. The summed E-state index contributed by atoms with van der Waals surface area (Å²) in [5, 5.41) is 0. The number of hydrogen-bond acceptors (Lipinski definition) is 6. The fraction of sp³-hybridized carbons (Fsp3) is 0.300. The minimum atomic E-state index is -0.434. The van der Waals surface area contributed by atoms with Gasteiger partial charge >= 0.3 is 0 Å². The first-order chi connectivity index (χ1) is 13.7. The predicted octanol–water partition coefficient (Wildman–Crippen LogP) is 2.76. The van der Waals surface area contributed by atoms with Crippen LogP contribution >= 0.6 is 11.8 Å². The van der Waals surface area contributed by atoms with Crippen molar-refractivity contribution >= 4 is 23.6 Å². The van der Waals surface area contributed by atoms with Crippen LogP contribution in [0.15, 0.2) is 47.4 Å². The van der Waals surface area contributed by atoms with Crippen molar-refractivity contribution in [1.82, 2.24) is 10.9 Å². The van der Waals surface area contributed by atoms with Crippen molar-refractivity contribution in [3.8, 4) is 11.5 Å². The van der Waals surface area contributed by atoms with Crippen LogP contribution in [0.1, 0.15) is 33.6 Å². The van der Waals surface area contributed by atoms with Gasteiger partial charge in [-0.3, -0.25) is 20.4 Å². The summed E-state index contributed by atoms with van der Waals surface area (Å²) in [5.41, 5.74) is 5.80. The number of fused-ring (bicyclic) bond motifs is 1. The van der Waals surface area contributed by atoms with Gasteiger partial charge in [-0.05, 0) is 43.2 Å². The van der Waals surface area contributed by atoms with Crippen molar-refractivity contribution in [3.63, 3.8) is 0 Å². The molecule has 1 unspecified atom stereocenters. The maximum atomic E-state index is 12.6. The molecular weight excluding hydrogens is 380 g/mol. The Morgan fingerprint density at radius 1 is 1.04 bits per heavy atom. The number of benzene rings is 2. The molecule has 2 aromatic rings. The second-order valence-corrected chi connectivity index (χ2v) is 7.48. The number of thioether (sulfide) groups is 1. The lowest BCUT2D eigenvalue weighted by molar-refractivity contribution is 0.0845. The molecule has 2 N–H and O–H groups in total. The highest BCUT2D eigenvalue weighted by molar-refractivity contribution is 7.99. The highest BCUT2D eigenvalue weighted by Gasteiger charge is 2.19. The molecule has 0 bridgehead atoms. The van der Waals surface area contributed by atoms with Gasteiger partial charge in [0.15, 0.2) is 11.5 Å². The van der Waals surface area contributed by atoms with E-state index >= 15 is 0 Å². The van der Waals surface area contributed by atoms with Crippen LogP contribution in [0.3, 0.4) is 0 Å². The van der Waals surface area contributed by atoms with E-state index in [1.807, 2.05) is 12.1 Å². The lowest BCUT2D eigenvalue weighted by Crippen LogP contribution is -2.41. The normalized spacial score (nSPS) is 17.4. The molecule has 7 nitrogen and oxygen atoms in total. The molecule has 146 valence electrons. The van der Waals surface area contributed by atoms with E-state index in [4.69, 9.17) is 14.2 Å². The number of nitrogens with one attached hydrogen (secondary N) is 2. The number of rotatable bonds is 5. The second-order valence-electron chi connectivity index (χ2n) is 6.42. The van der Waals surface area contributed by atoms with Crippen LogP contribution in [-0.2, 0) is 4.74 Å². The molecule has 1 fully saturated rings. The van der Waals surface area contributed by atoms with Crippen LogP contribution in [0.4, 0.5) is 0 Å². The minimum absolute atomic E-state index is 0.136. The van der Waals surface area contributed by atoms with Crippen LogP contribution in [0.5, 0.6) is 11.5 Å². The highest BCUT2D eigenvalue weighted by Crippen LogP contribution is 2.32. The topological polar surface area (TPSA) is 85.9 Å². The van der Waals surface area contributed by atoms with Crippen molar-refractivity contribution in [2.45, 2.75) is 23.8 Å². The Morgan fingerprint density at radius 3 is 2.71 bits per heavy atom. The second kappa shape index (κ2) is 8.53. The lowest BCUT2D eigenvalue weighted by Gasteiger charge is -2.13. The molecule has 0 aromatic heterocycles. The smallest absolute Gasteiger partial charge is 0.270 e. The third kappa shape index (κ3) is 4.23. The van der Waals surface area contributed by atoms with Gasteiger partial charge in [0.25, 0.3) is 11.8 Å². The average Bonchev–Trinajstić information content (AvgIpc) is 3.41. The molecule has 1 atom stereocenters. The van der Waals surface area contributed by atoms with E-state index < -0.39 is 5.91 Å². The van der Waals surface area contributed by atoms with E-state index in [2.05, 4.69) is 10.9 Å². The Hall–Kier alpha value is -2.71. The summed E-state index contributed by atoms with van der Waals surface area (Å²) < 4.78 is 16.1. The van der Waals surface area contributed by atoms with E-state index in [0.717, 1.165) is 30.1 Å². The highest BCUT2D eigenvalue weighted by atomic mass is 32.2. The summed E-state index contributed by atoms with van der Waals surface area (Å²) in [7, 11) is 0. The van der Waals surface area contributed by atoms with Crippen molar-refractivity contribution in [3.05, 3.63) is 53.6 Å². The van der Waals surface area contributed by atoms with E-state index in [0.29, 0.717) is 22.6 Å². The summed E-state index contributed by atoms with van der Waals surface area (Å²) in [6, 6.07) is 12.2. The van der Waals surface area contributed by atoms with Crippen molar-refractivity contribution in [1.29, 1.82) is 0 Å². The van der Waals surface area contributed by atoms with Crippen LogP contribution in [0.25, 0.3) is 0 Å². The molecular formula is C20H20N2O5S. The molecule has 2 aromatic carbocycles. The quantitative estimate of drug-likeness (QED) is 0.593. The van der Waals surface area contributed by atoms with Gasteiger partial charge < -0.3 is 14.2 Å². The van der Waals surface area contributed by atoms with Gasteiger partial charge in [0.05, 0.1) is 11.7 Å². The summed E-state index contributed by atoms with van der Waals surface area (Å²) >= 11 is 1.59. The molecule has 8 heteroatoms. The van der Waals surface area contributed by atoms with Crippen LogP contribution in [0, 0.1) is 0 Å². The summed E-state index contributed by atoms with van der Waals surface area (Å²) in [4.78, 5) is 25.7. The first kappa shape index (κ1) is 18.6. The Morgan fingerprint density at radius 2 is 1.86 bits per heavy atom. The van der Waals surface area contributed by atoms with E-state index in [1.165, 1.54) is 0 Å². The Bertz CT molecular complexity index is 883. The Labute approximate surface area is 166 Å². The van der Waals surface area contributed by atoms with Crippen molar-refractivity contribution < 1.29 is 23.8 Å². The Kier molecular flexibility index (Phi) is 5.68. The summed E-state index contributed by atoms with van der Waals surface area (Å²) in [6.07, 6.45) is 2.36. The molecule has 1 saturated heterocycles. The molecule has 0 aliphatic carbocycles. The molecule has 4 rings (SSSR count). The fourth-order valence-electron chi connectivity index (χ4n) is 3.03. The first-order valence-electron chi connectivity index (χ1n) is 9.04. The molecule has 2 amide bonds. The third-order valence-corrected chi connectivity index (χ3v) is 5.71. The van der Waals surface area contributed by atoms with Gasteiger partial charge in [-0.25, -0.2) is 0 Å². The van der Waals surface area contributed by atoms with E-state index in [1.54, 1.807) is 42.1 Å². The summed E-state index contributed by atoms with van der Waals surface area (Å²) in [6.45, 7) is 0.941. The summed E-state index contributed by atoms with van der Waals surface area (Å²) in [5.74, 6) is 1.10. The third-order valence-electron chi connectivity index (χ3n) is 4.50. The molecule has 28 heavy (non-hydrogen) atoms. The predicted molar refractivity (Wildman–Crippen MR) is 104 cm³/mol. The molecule has 0 saturated carbocycles. The monoisotopic (exact) mass is 400 g/mol. The molecule has 2 aliphatic heterocycles. The maximum Gasteiger partial charge on any atom is 0.270 e. The van der Waals surface area contributed by atoms with Gasteiger partial charge in [-0.2, -0.15) is 0 Å².